The van der Waals surface area contributed by atoms with Gasteiger partial charge in [0.25, 0.3) is 5.91 Å². The maximum Gasteiger partial charge on any atom is 0.265 e. The van der Waals surface area contributed by atoms with Gasteiger partial charge in [0.15, 0.2) is 6.10 Å². The molecule has 0 saturated heterocycles. The van der Waals surface area contributed by atoms with Crippen LogP contribution >= 0.6 is 0 Å². The zero-order chi connectivity index (χ0) is 17.1. The Hall–Kier alpha value is -2.83. The van der Waals surface area contributed by atoms with Gasteiger partial charge in [0.1, 0.15) is 5.75 Å². The summed E-state index contributed by atoms with van der Waals surface area (Å²) in [5.41, 5.74) is 1.70. The Morgan fingerprint density at radius 3 is 3.00 bits per heavy atom. The van der Waals surface area contributed by atoms with Crippen LogP contribution in [0.25, 0.3) is 0 Å². The molecular weight excluding hydrogens is 308 g/mol. The summed E-state index contributed by atoms with van der Waals surface area (Å²) in [6, 6.07) is 7.36. The van der Waals surface area contributed by atoms with Crippen molar-refractivity contribution in [1.82, 2.24) is 9.97 Å². The molecule has 0 aliphatic carbocycles. The van der Waals surface area contributed by atoms with Gasteiger partial charge >= 0.3 is 0 Å². The highest BCUT2D eigenvalue weighted by Gasteiger charge is 2.26. The maximum absolute atomic E-state index is 11.8. The Kier molecular flexibility index (Phi) is 4.50. The second kappa shape index (κ2) is 6.74. The van der Waals surface area contributed by atoms with Crippen LogP contribution in [0.2, 0.25) is 0 Å². The van der Waals surface area contributed by atoms with Gasteiger partial charge in [-0.2, -0.15) is 4.98 Å². The zero-order valence-electron chi connectivity index (χ0n) is 13.9. The van der Waals surface area contributed by atoms with E-state index in [1.165, 1.54) is 0 Å². The summed E-state index contributed by atoms with van der Waals surface area (Å²) in [4.78, 5) is 20.3. The van der Waals surface area contributed by atoms with Crippen LogP contribution in [0.4, 0.5) is 11.6 Å². The quantitative estimate of drug-likeness (QED) is 0.878. The summed E-state index contributed by atoms with van der Waals surface area (Å²) >= 11 is 0. The van der Waals surface area contributed by atoms with Gasteiger partial charge in [0.2, 0.25) is 11.8 Å². The van der Waals surface area contributed by atoms with Crippen LogP contribution in [0.3, 0.4) is 0 Å². The molecule has 7 heteroatoms. The van der Waals surface area contributed by atoms with Crippen LogP contribution in [0.1, 0.15) is 31.9 Å². The molecule has 1 amide bonds. The average molecular weight is 328 g/mol. The minimum Gasteiger partial charge on any atom is -0.481 e. The van der Waals surface area contributed by atoms with E-state index in [0.29, 0.717) is 29.7 Å². The Balaban J connectivity index is 1.78. The van der Waals surface area contributed by atoms with E-state index in [4.69, 9.17) is 9.47 Å². The molecule has 126 valence electrons. The third kappa shape index (κ3) is 3.24. The number of fused-ring (bicyclic) bond motifs is 1. The molecule has 1 aliphatic heterocycles. The Morgan fingerprint density at radius 2 is 2.25 bits per heavy atom. The number of rotatable bonds is 5. The largest absolute Gasteiger partial charge is 0.481 e. The number of carbonyl (C=O) groups is 1. The minimum atomic E-state index is -0.447. The first-order valence-corrected chi connectivity index (χ1v) is 7.85. The molecular formula is C17H20N4O3. The molecule has 2 atom stereocenters. The van der Waals surface area contributed by atoms with Crippen molar-refractivity contribution >= 4 is 17.5 Å². The van der Waals surface area contributed by atoms with Crippen molar-refractivity contribution in [2.75, 3.05) is 17.7 Å². The number of aromatic nitrogens is 2. The molecule has 0 fully saturated rings. The number of amides is 1. The molecule has 1 aliphatic rings. The number of hydrogen-bond acceptors (Lipinski definition) is 6. The van der Waals surface area contributed by atoms with Crippen molar-refractivity contribution < 1.29 is 14.3 Å². The maximum atomic E-state index is 11.8. The summed E-state index contributed by atoms with van der Waals surface area (Å²) < 4.78 is 10.9. The van der Waals surface area contributed by atoms with Gasteiger partial charge in [-0.3, -0.25) is 4.79 Å². The van der Waals surface area contributed by atoms with Gasteiger partial charge in [-0.1, -0.05) is 13.0 Å². The predicted octanol–water partition coefficient (Wildman–Crippen LogP) is 2.77. The highest BCUT2D eigenvalue weighted by Crippen LogP contribution is 2.33. The van der Waals surface area contributed by atoms with E-state index < -0.39 is 6.10 Å². The van der Waals surface area contributed by atoms with Crippen LogP contribution in [-0.2, 0) is 4.79 Å². The first-order valence-electron chi connectivity index (χ1n) is 7.85. The van der Waals surface area contributed by atoms with Crippen LogP contribution in [0.15, 0.2) is 30.5 Å². The zero-order valence-corrected chi connectivity index (χ0v) is 13.9. The van der Waals surface area contributed by atoms with Gasteiger partial charge in [-0.15, -0.1) is 0 Å². The van der Waals surface area contributed by atoms with Gasteiger partial charge in [0.05, 0.1) is 18.8 Å². The Bertz CT molecular complexity index is 750. The first-order chi connectivity index (χ1) is 11.6. The summed E-state index contributed by atoms with van der Waals surface area (Å²) in [6.07, 6.45) is 1.82. The topological polar surface area (TPSA) is 85.4 Å². The summed E-state index contributed by atoms with van der Waals surface area (Å²) in [6.45, 7) is 3.92. The number of methoxy groups -OCH3 is 1. The molecule has 24 heavy (non-hydrogen) atoms. The summed E-state index contributed by atoms with van der Waals surface area (Å²) in [5, 5.41) is 6.09. The molecule has 1 aromatic heterocycles. The first kappa shape index (κ1) is 16.0. The molecule has 0 unspecified atom stereocenters. The third-order valence-electron chi connectivity index (χ3n) is 3.88. The minimum absolute atomic E-state index is 0.0382. The van der Waals surface area contributed by atoms with Crippen molar-refractivity contribution in [3.63, 3.8) is 0 Å². The van der Waals surface area contributed by atoms with Crippen LogP contribution < -0.4 is 20.1 Å². The highest BCUT2D eigenvalue weighted by atomic mass is 16.5. The fourth-order valence-electron chi connectivity index (χ4n) is 2.50. The predicted molar refractivity (Wildman–Crippen MR) is 90.4 cm³/mol. The number of anilines is 2. The third-order valence-corrected chi connectivity index (χ3v) is 3.88. The number of hydrogen-bond donors (Lipinski definition) is 2. The van der Waals surface area contributed by atoms with Gasteiger partial charge < -0.3 is 20.1 Å². The van der Waals surface area contributed by atoms with Crippen molar-refractivity contribution in [2.45, 2.75) is 32.4 Å². The number of ether oxygens (including phenoxy) is 2. The van der Waals surface area contributed by atoms with Crippen LogP contribution in [0.5, 0.6) is 11.6 Å². The van der Waals surface area contributed by atoms with E-state index in [2.05, 4.69) is 20.6 Å². The second-order valence-corrected chi connectivity index (χ2v) is 5.55. The SMILES string of the molecule is CC[C@@H]1Oc2cc([C@H](C)Nc3nccc(OC)n3)ccc2NC1=O. The molecule has 1 aromatic carbocycles. The van der Waals surface area contributed by atoms with E-state index >= 15 is 0 Å². The fourth-order valence-corrected chi connectivity index (χ4v) is 2.50. The van der Waals surface area contributed by atoms with Crippen LogP contribution in [-0.4, -0.2) is 29.1 Å². The number of nitrogens with one attached hydrogen (secondary N) is 2. The van der Waals surface area contributed by atoms with Crippen molar-refractivity contribution in [3.05, 3.63) is 36.0 Å². The molecule has 2 heterocycles. The molecule has 2 N–H and O–H groups in total. The number of benzene rings is 1. The number of nitrogens with zero attached hydrogens (tertiary/aromatic N) is 2. The normalized spacial score (nSPS) is 17.3. The van der Waals surface area contributed by atoms with Crippen LogP contribution in [0, 0.1) is 0 Å². The van der Waals surface area contributed by atoms with Gasteiger partial charge in [-0.05, 0) is 31.0 Å². The lowest BCUT2D eigenvalue weighted by molar-refractivity contribution is -0.123. The molecule has 7 nitrogen and oxygen atoms in total. The van der Waals surface area contributed by atoms with E-state index in [1.807, 2.05) is 32.0 Å². The second-order valence-electron chi connectivity index (χ2n) is 5.55. The summed E-state index contributed by atoms with van der Waals surface area (Å²) in [7, 11) is 1.56. The summed E-state index contributed by atoms with van der Waals surface area (Å²) in [5.74, 6) is 1.56. The average Bonchev–Trinajstić information content (AvgIpc) is 2.60. The fraction of sp³-hybridized carbons (Fsp3) is 0.353. The highest BCUT2D eigenvalue weighted by molar-refractivity contribution is 5.97. The molecule has 0 spiro atoms. The van der Waals surface area contributed by atoms with E-state index in [0.717, 1.165) is 5.56 Å². The van der Waals surface area contributed by atoms with Crippen molar-refractivity contribution in [3.8, 4) is 11.6 Å². The smallest absolute Gasteiger partial charge is 0.265 e. The molecule has 0 bridgehead atoms. The molecule has 0 radical (unpaired) electrons. The van der Waals surface area contributed by atoms with Crippen molar-refractivity contribution in [1.29, 1.82) is 0 Å². The molecule has 2 aromatic rings. The van der Waals surface area contributed by atoms with E-state index in [1.54, 1.807) is 19.4 Å². The molecule has 3 rings (SSSR count). The standard InChI is InChI=1S/C17H20N4O3/c1-4-13-16(22)20-12-6-5-11(9-14(12)24-13)10(2)19-17-18-8-7-15(21-17)23-3/h5-10,13H,4H2,1-3H3,(H,20,22)(H,18,19,21)/t10-,13-/m0/s1. The van der Waals surface area contributed by atoms with E-state index in [9.17, 15) is 4.79 Å². The van der Waals surface area contributed by atoms with E-state index in [-0.39, 0.29) is 11.9 Å². The lowest BCUT2D eigenvalue weighted by Crippen LogP contribution is -2.36. The lowest BCUT2D eigenvalue weighted by atomic mass is 10.1. The van der Waals surface area contributed by atoms with Gasteiger partial charge in [0, 0.05) is 12.3 Å². The van der Waals surface area contributed by atoms with Crippen molar-refractivity contribution in [2.24, 2.45) is 0 Å². The molecule has 0 saturated carbocycles. The monoisotopic (exact) mass is 328 g/mol. The Morgan fingerprint density at radius 1 is 1.42 bits per heavy atom. The lowest BCUT2D eigenvalue weighted by Gasteiger charge is -2.26. The Labute approximate surface area is 140 Å². The number of carbonyl (C=O) groups excluding carboxylic acids is 1. The van der Waals surface area contributed by atoms with Gasteiger partial charge in [-0.25, -0.2) is 4.98 Å².